The fourth-order valence-corrected chi connectivity index (χ4v) is 2.00. The van der Waals surface area contributed by atoms with E-state index >= 15 is 0 Å². The Labute approximate surface area is 113 Å². The van der Waals surface area contributed by atoms with Crippen LogP contribution in [0.25, 0.3) is 11.0 Å². The van der Waals surface area contributed by atoms with Gasteiger partial charge in [0, 0.05) is 23.1 Å². The van der Waals surface area contributed by atoms with Crippen LogP contribution in [0.5, 0.6) is 0 Å². The molecule has 0 fully saturated rings. The molecule has 0 saturated carbocycles. The Morgan fingerprint density at radius 3 is 2.75 bits per heavy atom. The molecule has 6 nitrogen and oxygen atoms in total. The highest BCUT2D eigenvalue weighted by Crippen LogP contribution is 2.15. The zero-order valence-corrected chi connectivity index (χ0v) is 10.7. The second-order valence-electron chi connectivity index (χ2n) is 4.48. The molecule has 0 bridgehead atoms. The summed E-state index contributed by atoms with van der Waals surface area (Å²) in [4.78, 5) is 32.6. The molecule has 1 aromatic carbocycles. The Kier molecular flexibility index (Phi) is 2.83. The van der Waals surface area contributed by atoms with Crippen LogP contribution in [0.15, 0.2) is 41.3 Å². The molecule has 0 aliphatic carbocycles. The average molecular weight is 268 g/mol. The maximum absolute atomic E-state index is 12.1. The van der Waals surface area contributed by atoms with Gasteiger partial charge in [0.05, 0.1) is 11.0 Å². The number of aromatic nitrogens is 3. The second-order valence-corrected chi connectivity index (χ2v) is 4.48. The van der Waals surface area contributed by atoms with Gasteiger partial charge in [-0.25, -0.2) is 4.79 Å². The van der Waals surface area contributed by atoms with E-state index in [1.54, 1.807) is 36.5 Å². The lowest BCUT2D eigenvalue weighted by atomic mass is 10.2. The molecule has 0 aliphatic rings. The van der Waals surface area contributed by atoms with E-state index in [1.807, 2.05) is 6.92 Å². The van der Waals surface area contributed by atoms with E-state index in [0.717, 1.165) is 5.69 Å². The number of rotatable bonds is 2. The number of nitrogens with zero attached hydrogens (tertiary/aromatic N) is 1. The number of aryl methyl sites for hydroxylation is 1. The van der Waals surface area contributed by atoms with E-state index in [1.165, 1.54) is 0 Å². The van der Waals surface area contributed by atoms with Crippen LogP contribution < -0.4 is 11.0 Å². The predicted octanol–water partition coefficient (Wildman–Crippen LogP) is 1.81. The number of fused-ring (bicyclic) bond motifs is 1. The molecule has 0 unspecified atom stereocenters. The summed E-state index contributed by atoms with van der Waals surface area (Å²) < 4.78 is 0. The van der Waals surface area contributed by atoms with Crippen molar-refractivity contribution in [3.63, 3.8) is 0 Å². The minimum Gasteiger partial charge on any atom is -0.322 e. The highest BCUT2D eigenvalue weighted by Gasteiger charge is 2.07. The molecular formula is C14H12N4O2. The van der Waals surface area contributed by atoms with Crippen LogP contribution in [0.3, 0.4) is 0 Å². The molecule has 0 radical (unpaired) electrons. The molecule has 2 heterocycles. The number of H-pyrrole nitrogens is 2. The molecule has 100 valence electrons. The largest absolute Gasteiger partial charge is 0.323 e. The maximum Gasteiger partial charge on any atom is 0.323 e. The summed E-state index contributed by atoms with van der Waals surface area (Å²) in [5, 5.41) is 2.78. The summed E-state index contributed by atoms with van der Waals surface area (Å²) in [6.07, 6.45) is 1.59. The van der Waals surface area contributed by atoms with Gasteiger partial charge in [-0.15, -0.1) is 0 Å². The van der Waals surface area contributed by atoms with E-state index in [2.05, 4.69) is 20.3 Å². The molecule has 3 N–H and O–H groups in total. The number of carbonyl (C=O) groups excluding carboxylic acids is 1. The molecule has 0 spiro atoms. The smallest absolute Gasteiger partial charge is 0.322 e. The monoisotopic (exact) mass is 268 g/mol. The Morgan fingerprint density at radius 1 is 1.15 bits per heavy atom. The standard InChI is InChI=1S/C14H12N4O2/c1-8-6-9(4-5-15-8)13(19)16-10-2-3-11-12(7-10)18-14(20)17-11/h2-7H,1H3,(H,16,19)(H2,17,18,20). The molecule has 6 heteroatoms. The number of amides is 1. The fraction of sp³-hybridized carbons (Fsp3) is 0.0714. The van der Waals surface area contributed by atoms with Gasteiger partial charge in [-0.2, -0.15) is 0 Å². The molecule has 1 amide bonds. The van der Waals surface area contributed by atoms with Gasteiger partial charge >= 0.3 is 5.69 Å². The van der Waals surface area contributed by atoms with Gasteiger partial charge in [-0.3, -0.25) is 9.78 Å². The summed E-state index contributed by atoms with van der Waals surface area (Å²) in [7, 11) is 0. The Hall–Kier alpha value is -2.89. The van der Waals surface area contributed by atoms with Crippen LogP contribution in [-0.4, -0.2) is 20.9 Å². The molecule has 3 rings (SSSR count). The molecular weight excluding hydrogens is 256 g/mol. The van der Waals surface area contributed by atoms with Gasteiger partial charge in [0.25, 0.3) is 5.91 Å². The normalized spacial score (nSPS) is 10.7. The number of nitrogens with one attached hydrogen (secondary N) is 3. The van der Waals surface area contributed by atoms with E-state index in [4.69, 9.17) is 0 Å². The molecule has 0 aliphatic heterocycles. The van der Waals surface area contributed by atoms with Crippen molar-refractivity contribution in [3.05, 3.63) is 58.3 Å². The quantitative estimate of drug-likeness (QED) is 0.662. The predicted molar refractivity (Wildman–Crippen MR) is 75.8 cm³/mol. The van der Waals surface area contributed by atoms with Gasteiger partial charge in [0.1, 0.15) is 0 Å². The second kappa shape index (κ2) is 4.65. The zero-order valence-electron chi connectivity index (χ0n) is 10.7. The van der Waals surface area contributed by atoms with Crippen molar-refractivity contribution >= 4 is 22.6 Å². The van der Waals surface area contributed by atoms with Crippen LogP contribution in [-0.2, 0) is 0 Å². The third-order valence-electron chi connectivity index (χ3n) is 2.93. The van der Waals surface area contributed by atoms with Gasteiger partial charge in [-0.05, 0) is 37.3 Å². The first-order valence-electron chi connectivity index (χ1n) is 6.08. The summed E-state index contributed by atoms with van der Waals surface area (Å²) in [5.74, 6) is -0.215. The molecule has 2 aromatic heterocycles. The number of pyridine rings is 1. The van der Waals surface area contributed by atoms with Crippen LogP contribution in [0, 0.1) is 6.92 Å². The van der Waals surface area contributed by atoms with Crippen molar-refractivity contribution in [1.82, 2.24) is 15.0 Å². The summed E-state index contributed by atoms with van der Waals surface area (Å²) in [5.41, 5.74) is 3.02. The number of imidazole rings is 1. The van der Waals surface area contributed by atoms with Crippen LogP contribution >= 0.6 is 0 Å². The van der Waals surface area contributed by atoms with Crippen molar-refractivity contribution < 1.29 is 4.79 Å². The number of benzene rings is 1. The number of anilines is 1. The molecule has 20 heavy (non-hydrogen) atoms. The topological polar surface area (TPSA) is 90.6 Å². The number of hydrogen-bond donors (Lipinski definition) is 3. The summed E-state index contributed by atoms with van der Waals surface area (Å²) >= 11 is 0. The van der Waals surface area contributed by atoms with E-state index in [-0.39, 0.29) is 11.6 Å². The molecule has 0 atom stereocenters. The van der Waals surface area contributed by atoms with E-state index in [9.17, 15) is 9.59 Å². The van der Waals surface area contributed by atoms with Crippen LogP contribution in [0.2, 0.25) is 0 Å². The zero-order chi connectivity index (χ0) is 14.1. The number of hydrogen-bond acceptors (Lipinski definition) is 3. The lowest BCUT2D eigenvalue weighted by Crippen LogP contribution is -2.12. The maximum atomic E-state index is 12.1. The van der Waals surface area contributed by atoms with Crippen LogP contribution in [0.1, 0.15) is 16.1 Å². The highest BCUT2D eigenvalue weighted by atomic mass is 16.2. The SMILES string of the molecule is Cc1cc(C(=O)Nc2ccc3[nH]c(=O)[nH]c3c2)ccn1. The van der Waals surface area contributed by atoms with Gasteiger partial charge in [0.15, 0.2) is 0 Å². The van der Waals surface area contributed by atoms with Crippen molar-refractivity contribution in [1.29, 1.82) is 0 Å². The lowest BCUT2D eigenvalue weighted by Gasteiger charge is -2.05. The minimum absolute atomic E-state index is 0.215. The fourth-order valence-electron chi connectivity index (χ4n) is 2.00. The van der Waals surface area contributed by atoms with Crippen LogP contribution in [0.4, 0.5) is 5.69 Å². The molecule has 0 saturated heterocycles. The van der Waals surface area contributed by atoms with Crippen molar-refractivity contribution in [2.24, 2.45) is 0 Å². The van der Waals surface area contributed by atoms with E-state index in [0.29, 0.717) is 22.3 Å². The Morgan fingerprint density at radius 2 is 1.95 bits per heavy atom. The van der Waals surface area contributed by atoms with Crippen molar-refractivity contribution in [2.75, 3.05) is 5.32 Å². The first-order chi connectivity index (χ1) is 9.61. The van der Waals surface area contributed by atoms with E-state index < -0.39 is 0 Å². The Balaban J connectivity index is 1.88. The number of aromatic amines is 2. The van der Waals surface area contributed by atoms with Crippen molar-refractivity contribution in [3.8, 4) is 0 Å². The van der Waals surface area contributed by atoms with Gasteiger partial charge in [0.2, 0.25) is 0 Å². The summed E-state index contributed by atoms with van der Waals surface area (Å²) in [6.45, 7) is 1.83. The Bertz CT molecular complexity index is 848. The lowest BCUT2D eigenvalue weighted by molar-refractivity contribution is 0.102. The van der Waals surface area contributed by atoms with Crippen molar-refractivity contribution in [2.45, 2.75) is 6.92 Å². The van der Waals surface area contributed by atoms with Gasteiger partial charge < -0.3 is 15.3 Å². The third-order valence-corrected chi connectivity index (χ3v) is 2.93. The summed E-state index contributed by atoms with van der Waals surface area (Å²) in [6, 6.07) is 8.54. The average Bonchev–Trinajstić information content (AvgIpc) is 2.78. The highest BCUT2D eigenvalue weighted by molar-refractivity contribution is 6.04. The minimum atomic E-state index is -0.270. The molecule has 3 aromatic rings. The third kappa shape index (κ3) is 2.31. The first-order valence-corrected chi connectivity index (χ1v) is 6.08. The van der Waals surface area contributed by atoms with Gasteiger partial charge in [-0.1, -0.05) is 0 Å². The number of carbonyl (C=O) groups is 1. The first kappa shape index (κ1) is 12.2.